The van der Waals surface area contributed by atoms with Gasteiger partial charge in [0.05, 0.1) is 17.7 Å². The average molecular weight is 328 g/mol. The maximum Gasteiger partial charge on any atom is 0.142 e. The van der Waals surface area contributed by atoms with E-state index >= 15 is 0 Å². The van der Waals surface area contributed by atoms with Crippen molar-refractivity contribution in [3.63, 3.8) is 0 Å². The molecule has 0 saturated heterocycles. The van der Waals surface area contributed by atoms with Crippen LogP contribution in [0.1, 0.15) is 24.1 Å². The third-order valence-electron chi connectivity index (χ3n) is 3.20. The molecule has 2 aromatic carbocycles. The minimum atomic E-state index is -0.477. The normalized spacial score (nSPS) is 12.2. The fourth-order valence-electron chi connectivity index (χ4n) is 2.12. The summed E-state index contributed by atoms with van der Waals surface area (Å²) in [7, 11) is 1.64. The van der Waals surface area contributed by atoms with E-state index in [0.29, 0.717) is 17.2 Å². The predicted molar refractivity (Wildman–Crippen MR) is 85.6 cm³/mol. The number of halogens is 3. The number of hydrogen-bond acceptors (Lipinski definition) is 2. The quantitative estimate of drug-likeness (QED) is 0.737. The summed E-state index contributed by atoms with van der Waals surface area (Å²) in [5.74, 6) is -0.477. The van der Waals surface area contributed by atoms with Gasteiger partial charge < -0.3 is 10.1 Å². The molecule has 0 aliphatic heterocycles. The summed E-state index contributed by atoms with van der Waals surface area (Å²) in [4.78, 5) is 0. The van der Waals surface area contributed by atoms with Crippen LogP contribution >= 0.6 is 23.2 Å². The van der Waals surface area contributed by atoms with E-state index in [0.717, 1.165) is 11.3 Å². The molecule has 1 N–H and O–H groups in total. The molecule has 0 saturated carbocycles. The van der Waals surface area contributed by atoms with Crippen LogP contribution < -0.4 is 5.32 Å². The Balaban J connectivity index is 2.26. The number of nitrogens with one attached hydrogen (secondary N) is 1. The lowest BCUT2D eigenvalue weighted by Gasteiger charge is -2.19. The van der Waals surface area contributed by atoms with Crippen LogP contribution in [0, 0.1) is 5.82 Å². The molecule has 2 aromatic rings. The van der Waals surface area contributed by atoms with Gasteiger partial charge in [0.2, 0.25) is 0 Å². The van der Waals surface area contributed by atoms with Crippen molar-refractivity contribution in [2.24, 2.45) is 0 Å². The highest BCUT2D eigenvalue weighted by Gasteiger charge is 2.14. The molecule has 2 rings (SSSR count). The zero-order valence-electron chi connectivity index (χ0n) is 11.8. The van der Waals surface area contributed by atoms with Crippen molar-refractivity contribution in [2.75, 3.05) is 12.4 Å². The van der Waals surface area contributed by atoms with Gasteiger partial charge in [-0.2, -0.15) is 0 Å². The van der Waals surface area contributed by atoms with Crippen LogP contribution in [-0.2, 0) is 11.3 Å². The van der Waals surface area contributed by atoms with E-state index in [2.05, 4.69) is 5.32 Å². The lowest BCUT2D eigenvalue weighted by Crippen LogP contribution is -2.09. The SMILES string of the molecule is COCc1ccccc1NC(C)c1cc(F)c(Cl)cc1Cl. The van der Waals surface area contributed by atoms with Crippen molar-refractivity contribution in [1.29, 1.82) is 0 Å². The molecular weight excluding hydrogens is 312 g/mol. The first-order valence-electron chi connectivity index (χ1n) is 6.50. The third kappa shape index (κ3) is 3.88. The second-order valence-electron chi connectivity index (χ2n) is 4.74. The van der Waals surface area contributed by atoms with E-state index in [-0.39, 0.29) is 11.1 Å². The standard InChI is InChI=1S/C16H16Cl2FNO/c1-10(12-7-15(19)14(18)8-13(12)17)20-16-6-4-3-5-11(16)9-21-2/h3-8,10,20H,9H2,1-2H3. The lowest BCUT2D eigenvalue weighted by atomic mass is 10.1. The number of benzene rings is 2. The Kier molecular flexibility index (Phi) is 5.45. The maximum absolute atomic E-state index is 13.6. The van der Waals surface area contributed by atoms with Crippen LogP contribution in [0.15, 0.2) is 36.4 Å². The third-order valence-corrected chi connectivity index (χ3v) is 3.81. The van der Waals surface area contributed by atoms with Gasteiger partial charge in [0.1, 0.15) is 5.82 Å². The molecule has 5 heteroatoms. The van der Waals surface area contributed by atoms with Gasteiger partial charge in [-0.25, -0.2) is 4.39 Å². The smallest absolute Gasteiger partial charge is 0.142 e. The topological polar surface area (TPSA) is 21.3 Å². The van der Waals surface area contributed by atoms with E-state index < -0.39 is 5.82 Å². The van der Waals surface area contributed by atoms with Crippen molar-refractivity contribution >= 4 is 28.9 Å². The summed E-state index contributed by atoms with van der Waals surface area (Å²) in [5, 5.41) is 3.78. The van der Waals surface area contributed by atoms with Gasteiger partial charge in [0.25, 0.3) is 0 Å². The molecule has 1 unspecified atom stereocenters. The molecular formula is C16H16Cl2FNO. The van der Waals surface area contributed by atoms with Crippen molar-refractivity contribution in [3.8, 4) is 0 Å². The van der Waals surface area contributed by atoms with Crippen LogP contribution in [0.4, 0.5) is 10.1 Å². The van der Waals surface area contributed by atoms with Crippen LogP contribution in [0.5, 0.6) is 0 Å². The van der Waals surface area contributed by atoms with Crippen molar-refractivity contribution in [1.82, 2.24) is 0 Å². The lowest BCUT2D eigenvalue weighted by molar-refractivity contribution is 0.185. The number of para-hydroxylation sites is 1. The van der Waals surface area contributed by atoms with Crippen LogP contribution in [0.25, 0.3) is 0 Å². The number of ether oxygens (including phenoxy) is 1. The molecule has 0 fully saturated rings. The molecule has 1 atom stereocenters. The van der Waals surface area contributed by atoms with Crippen LogP contribution in [0.2, 0.25) is 10.0 Å². The number of methoxy groups -OCH3 is 1. The molecule has 0 aliphatic rings. The first-order chi connectivity index (χ1) is 10.0. The summed E-state index contributed by atoms with van der Waals surface area (Å²) < 4.78 is 18.8. The summed E-state index contributed by atoms with van der Waals surface area (Å²) in [6.07, 6.45) is 0. The van der Waals surface area contributed by atoms with E-state index in [9.17, 15) is 4.39 Å². The zero-order valence-corrected chi connectivity index (χ0v) is 13.3. The number of rotatable bonds is 5. The summed E-state index contributed by atoms with van der Waals surface area (Å²) in [5.41, 5.74) is 2.61. The summed E-state index contributed by atoms with van der Waals surface area (Å²) in [6, 6.07) is 10.4. The Hall–Kier alpha value is -1.29. The Morgan fingerprint density at radius 1 is 1.19 bits per heavy atom. The molecule has 21 heavy (non-hydrogen) atoms. The maximum atomic E-state index is 13.6. The minimum absolute atomic E-state index is 0.0238. The van der Waals surface area contributed by atoms with Gasteiger partial charge in [0.15, 0.2) is 0 Å². The summed E-state index contributed by atoms with van der Waals surface area (Å²) >= 11 is 11.9. The van der Waals surface area contributed by atoms with Gasteiger partial charge >= 0.3 is 0 Å². The van der Waals surface area contributed by atoms with Crippen molar-refractivity contribution in [2.45, 2.75) is 19.6 Å². The fraction of sp³-hybridized carbons (Fsp3) is 0.250. The predicted octanol–water partition coefficient (Wildman–Crippen LogP) is 5.45. The highest BCUT2D eigenvalue weighted by Crippen LogP contribution is 2.31. The molecule has 0 amide bonds. The molecule has 0 bridgehead atoms. The highest BCUT2D eigenvalue weighted by atomic mass is 35.5. The Bertz CT molecular complexity index is 634. The van der Waals surface area contributed by atoms with Crippen LogP contribution in [-0.4, -0.2) is 7.11 Å². The van der Waals surface area contributed by atoms with E-state index in [1.807, 2.05) is 31.2 Å². The van der Waals surface area contributed by atoms with Gasteiger partial charge in [-0.15, -0.1) is 0 Å². The van der Waals surface area contributed by atoms with E-state index in [1.54, 1.807) is 7.11 Å². The minimum Gasteiger partial charge on any atom is -0.380 e. The Labute approximate surface area is 133 Å². The molecule has 112 valence electrons. The van der Waals surface area contributed by atoms with Gasteiger partial charge in [-0.3, -0.25) is 0 Å². The Morgan fingerprint density at radius 2 is 1.90 bits per heavy atom. The number of anilines is 1. The first kappa shape index (κ1) is 16.1. The Morgan fingerprint density at radius 3 is 2.62 bits per heavy atom. The molecule has 2 nitrogen and oxygen atoms in total. The van der Waals surface area contributed by atoms with Crippen molar-refractivity contribution < 1.29 is 9.13 Å². The molecule has 0 radical (unpaired) electrons. The molecule has 0 aliphatic carbocycles. The van der Waals surface area contributed by atoms with Gasteiger partial charge in [-0.1, -0.05) is 41.4 Å². The first-order valence-corrected chi connectivity index (χ1v) is 7.26. The zero-order chi connectivity index (χ0) is 15.4. The monoisotopic (exact) mass is 327 g/mol. The highest BCUT2D eigenvalue weighted by molar-refractivity contribution is 6.35. The van der Waals surface area contributed by atoms with Crippen LogP contribution in [0.3, 0.4) is 0 Å². The van der Waals surface area contributed by atoms with Gasteiger partial charge in [-0.05, 0) is 30.7 Å². The molecule has 0 heterocycles. The molecule has 0 spiro atoms. The van der Waals surface area contributed by atoms with Gasteiger partial charge in [0, 0.05) is 23.4 Å². The number of hydrogen-bond donors (Lipinski definition) is 1. The summed E-state index contributed by atoms with van der Waals surface area (Å²) in [6.45, 7) is 2.41. The molecule has 0 aromatic heterocycles. The van der Waals surface area contributed by atoms with Crippen molar-refractivity contribution in [3.05, 3.63) is 63.4 Å². The average Bonchev–Trinajstić information content (AvgIpc) is 2.45. The second kappa shape index (κ2) is 7.12. The second-order valence-corrected chi connectivity index (χ2v) is 5.56. The largest absolute Gasteiger partial charge is 0.380 e. The van der Waals surface area contributed by atoms with E-state index in [4.69, 9.17) is 27.9 Å². The van der Waals surface area contributed by atoms with E-state index in [1.165, 1.54) is 12.1 Å². The fourth-order valence-corrected chi connectivity index (χ4v) is 2.67.